The molecule has 1 aliphatic heterocycles. The molecule has 0 atom stereocenters. The number of nitrogens with zero attached hydrogens (tertiary/aromatic N) is 3. The minimum atomic E-state index is -0.516. The molecule has 2 aromatic heterocycles. The molecule has 0 radical (unpaired) electrons. The number of hydrogen-bond acceptors (Lipinski definition) is 5. The zero-order valence-electron chi connectivity index (χ0n) is 19.8. The van der Waals surface area contributed by atoms with Crippen molar-refractivity contribution in [2.24, 2.45) is 0 Å². The third kappa shape index (κ3) is 3.91. The third-order valence-electron chi connectivity index (χ3n) is 6.60. The SMILES string of the molecule is Cc1cccc(N2C(=O)/C(=C/c3cc(C)n(-c4sc5c(c4C#N)CCCC5)c3C)C(=O)NC2=S)c1. The number of hydrogen-bond donors (Lipinski definition) is 1. The van der Waals surface area contributed by atoms with Gasteiger partial charge in [-0.1, -0.05) is 12.1 Å². The maximum atomic E-state index is 13.4. The molecule has 8 heteroatoms. The molecule has 0 unspecified atom stereocenters. The van der Waals surface area contributed by atoms with E-state index in [2.05, 4.69) is 16.0 Å². The highest BCUT2D eigenvalue weighted by molar-refractivity contribution is 7.80. The number of benzene rings is 1. The van der Waals surface area contributed by atoms with Gasteiger partial charge in [0.25, 0.3) is 11.8 Å². The van der Waals surface area contributed by atoms with Crippen LogP contribution in [0.2, 0.25) is 0 Å². The van der Waals surface area contributed by atoms with Crippen LogP contribution in [0.1, 0.15) is 51.4 Å². The molecule has 5 rings (SSSR count). The number of thiocarbonyl (C=S) groups is 1. The van der Waals surface area contributed by atoms with Gasteiger partial charge in [-0.3, -0.25) is 19.8 Å². The predicted octanol–water partition coefficient (Wildman–Crippen LogP) is 5.05. The molecule has 6 nitrogen and oxygen atoms in total. The maximum Gasteiger partial charge on any atom is 0.270 e. The van der Waals surface area contributed by atoms with Gasteiger partial charge >= 0.3 is 0 Å². The van der Waals surface area contributed by atoms with Crippen molar-refractivity contribution in [1.29, 1.82) is 5.26 Å². The number of aryl methyl sites for hydroxylation is 3. The molecule has 176 valence electrons. The van der Waals surface area contributed by atoms with Gasteiger partial charge in [0.1, 0.15) is 16.6 Å². The summed E-state index contributed by atoms with van der Waals surface area (Å²) < 4.78 is 2.07. The topological polar surface area (TPSA) is 78.1 Å². The number of fused-ring (bicyclic) bond motifs is 1. The maximum absolute atomic E-state index is 13.4. The molecule has 35 heavy (non-hydrogen) atoms. The van der Waals surface area contributed by atoms with Gasteiger partial charge in [0.2, 0.25) is 0 Å². The van der Waals surface area contributed by atoms with Gasteiger partial charge in [0.15, 0.2) is 5.11 Å². The molecular weight excluding hydrogens is 476 g/mol. The summed E-state index contributed by atoms with van der Waals surface area (Å²) in [7, 11) is 0. The Morgan fingerprint density at radius 2 is 1.91 bits per heavy atom. The predicted molar refractivity (Wildman–Crippen MR) is 142 cm³/mol. The molecule has 3 aromatic rings. The zero-order chi connectivity index (χ0) is 24.9. The minimum Gasteiger partial charge on any atom is -0.308 e. The second kappa shape index (κ2) is 8.91. The minimum absolute atomic E-state index is 0.0198. The summed E-state index contributed by atoms with van der Waals surface area (Å²) in [5.41, 5.74) is 6.11. The summed E-state index contributed by atoms with van der Waals surface area (Å²) >= 11 is 7.00. The van der Waals surface area contributed by atoms with Crippen LogP contribution in [0.15, 0.2) is 35.9 Å². The van der Waals surface area contributed by atoms with Crippen LogP contribution in [0.4, 0.5) is 5.69 Å². The van der Waals surface area contributed by atoms with Crippen LogP contribution >= 0.6 is 23.6 Å². The lowest BCUT2D eigenvalue weighted by Gasteiger charge is -2.29. The van der Waals surface area contributed by atoms with E-state index in [0.29, 0.717) is 5.69 Å². The number of amides is 2. The van der Waals surface area contributed by atoms with Crippen LogP contribution in [-0.2, 0) is 22.4 Å². The number of thiophene rings is 1. The Kier molecular flexibility index (Phi) is 5.91. The first kappa shape index (κ1) is 23.2. The van der Waals surface area contributed by atoms with E-state index < -0.39 is 11.8 Å². The van der Waals surface area contributed by atoms with E-state index in [0.717, 1.165) is 58.8 Å². The van der Waals surface area contributed by atoms with Gasteiger partial charge < -0.3 is 4.57 Å². The molecule has 0 saturated carbocycles. The number of carbonyl (C=O) groups is 2. The molecule has 0 spiro atoms. The quantitative estimate of drug-likeness (QED) is 0.310. The van der Waals surface area contributed by atoms with Crippen molar-refractivity contribution in [3.05, 3.63) is 74.4 Å². The molecule has 1 fully saturated rings. The fourth-order valence-corrected chi connectivity index (χ4v) is 6.62. The Hall–Kier alpha value is -3.54. The third-order valence-corrected chi connectivity index (χ3v) is 8.16. The van der Waals surface area contributed by atoms with Gasteiger partial charge in [-0.2, -0.15) is 5.26 Å². The number of nitriles is 1. The van der Waals surface area contributed by atoms with Crippen LogP contribution in [-0.4, -0.2) is 21.5 Å². The Morgan fingerprint density at radius 1 is 1.14 bits per heavy atom. The van der Waals surface area contributed by atoms with Crippen molar-refractivity contribution in [1.82, 2.24) is 9.88 Å². The van der Waals surface area contributed by atoms with E-state index in [1.165, 1.54) is 15.3 Å². The standard InChI is InChI=1S/C27H24N4O2S2/c1-15-7-6-8-19(11-15)31-25(33)21(24(32)29-27(31)34)13-18-12-16(2)30(17(18)3)26-22(14-28)20-9-4-5-10-23(20)35-26/h6-8,11-13H,4-5,9-10H2,1-3H3,(H,29,32,34)/b21-13+. The van der Waals surface area contributed by atoms with E-state index in [4.69, 9.17) is 12.2 Å². The Balaban J connectivity index is 1.58. The molecule has 3 heterocycles. The van der Waals surface area contributed by atoms with Crippen molar-refractivity contribution in [2.45, 2.75) is 46.5 Å². The van der Waals surface area contributed by atoms with E-state index in [1.54, 1.807) is 23.5 Å². The number of carbonyl (C=O) groups excluding carboxylic acids is 2. The fourth-order valence-electron chi connectivity index (χ4n) is 4.89. The van der Waals surface area contributed by atoms with Gasteiger partial charge in [0.05, 0.1) is 11.3 Å². The average molecular weight is 501 g/mol. The highest BCUT2D eigenvalue weighted by Gasteiger charge is 2.35. The van der Waals surface area contributed by atoms with Crippen molar-refractivity contribution in [2.75, 3.05) is 4.90 Å². The van der Waals surface area contributed by atoms with Crippen LogP contribution in [0.5, 0.6) is 0 Å². The summed E-state index contributed by atoms with van der Waals surface area (Å²) in [6, 6.07) is 11.8. The molecule has 1 aliphatic carbocycles. The first-order chi connectivity index (χ1) is 16.8. The molecular formula is C27H24N4O2S2. The fraction of sp³-hybridized carbons (Fsp3) is 0.259. The van der Waals surface area contributed by atoms with E-state index in [-0.39, 0.29) is 10.7 Å². The van der Waals surface area contributed by atoms with Crippen LogP contribution in [0, 0.1) is 32.1 Å². The van der Waals surface area contributed by atoms with Gasteiger partial charge in [-0.25, -0.2) is 0 Å². The van der Waals surface area contributed by atoms with Crippen molar-refractivity contribution >= 4 is 52.2 Å². The van der Waals surface area contributed by atoms with E-state index in [1.807, 2.05) is 45.0 Å². The summed E-state index contributed by atoms with van der Waals surface area (Å²) in [5, 5.41) is 13.6. The molecule has 2 aliphatic rings. The first-order valence-electron chi connectivity index (χ1n) is 11.5. The second-order valence-electron chi connectivity index (χ2n) is 8.96. The van der Waals surface area contributed by atoms with Gasteiger partial charge in [0, 0.05) is 16.3 Å². The monoisotopic (exact) mass is 500 g/mol. The number of rotatable bonds is 3. The number of aromatic nitrogens is 1. The first-order valence-corrected chi connectivity index (χ1v) is 12.7. The highest BCUT2D eigenvalue weighted by atomic mass is 32.1. The Morgan fingerprint density at radius 3 is 2.66 bits per heavy atom. The van der Waals surface area contributed by atoms with E-state index >= 15 is 0 Å². The largest absolute Gasteiger partial charge is 0.308 e. The average Bonchev–Trinajstić information content (AvgIpc) is 3.32. The number of nitrogens with one attached hydrogen (secondary N) is 1. The van der Waals surface area contributed by atoms with Crippen LogP contribution in [0.25, 0.3) is 11.1 Å². The summed E-state index contributed by atoms with van der Waals surface area (Å²) in [5.74, 6) is -0.975. The molecule has 2 amide bonds. The summed E-state index contributed by atoms with van der Waals surface area (Å²) in [6.45, 7) is 5.86. The Labute approximate surface area is 213 Å². The number of anilines is 1. The normalized spacial score (nSPS) is 16.9. The smallest absolute Gasteiger partial charge is 0.270 e. The Bertz CT molecular complexity index is 1490. The van der Waals surface area contributed by atoms with Crippen LogP contribution < -0.4 is 10.2 Å². The lowest BCUT2D eigenvalue weighted by molar-refractivity contribution is -0.122. The van der Waals surface area contributed by atoms with Crippen LogP contribution in [0.3, 0.4) is 0 Å². The molecule has 1 saturated heterocycles. The molecule has 0 bridgehead atoms. The van der Waals surface area contributed by atoms with Gasteiger partial charge in [-0.15, -0.1) is 11.3 Å². The zero-order valence-corrected chi connectivity index (χ0v) is 21.4. The lowest BCUT2D eigenvalue weighted by Crippen LogP contribution is -2.54. The molecule has 1 aromatic carbocycles. The second-order valence-corrected chi connectivity index (χ2v) is 10.4. The van der Waals surface area contributed by atoms with E-state index in [9.17, 15) is 14.9 Å². The molecule has 1 N–H and O–H groups in total. The summed E-state index contributed by atoms with van der Waals surface area (Å²) in [6.07, 6.45) is 5.83. The van der Waals surface area contributed by atoms with Crippen molar-refractivity contribution in [3.8, 4) is 11.1 Å². The lowest BCUT2D eigenvalue weighted by atomic mass is 9.96. The highest BCUT2D eigenvalue weighted by Crippen LogP contribution is 2.38. The summed E-state index contributed by atoms with van der Waals surface area (Å²) in [4.78, 5) is 28.9. The van der Waals surface area contributed by atoms with Crippen molar-refractivity contribution < 1.29 is 9.59 Å². The van der Waals surface area contributed by atoms with Crippen molar-refractivity contribution in [3.63, 3.8) is 0 Å². The van der Waals surface area contributed by atoms with Gasteiger partial charge in [-0.05, 0) is 99.6 Å².